The van der Waals surface area contributed by atoms with Crippen LogP contribution in [0.2, 0.25) is 0 Å². The Hall–Kier alpha value is -2.14. The number of rotatable bonds is 4. The lowest BCUT2D eigenvalue weighted by atomic mass is 9.97. The molecule has 4 nitrogen and oxygen atoms in total. The van der Waals surface area contributed by atoms with Crippen LogP contribution in [0.5, 0.6) is 5.75 Å². The molecular formula is C20H22N2O2S. The molecule has 2 aromatic heterocycles. The van der Waals surface area contributed by atoms with Gasteiger partial charge in [0.05, 0.1) is 18.3 Å². The first kappa shape index (κ1) is 16.3. The molecule has 1 aliphatic rings. The molecule has 130 valence electrons. The number of thiophene rings is 1. The molecule has 0 aliphatic heterocycles. The van der Waals surface area contributed by atoms with Crippen molar-refractivity contribution in [2.75, 3.05) is 6.61 Å². The zero-order valence-corrected chi connectivity index (χ0v) is 15.5. The quantitative estimate of drug-likeness (QED) is 0.710. The second-order valence-corrected chi connectivity index (χ2v) is 7.89. The Morgan fingerprint density at radius 3 is 2.72 bits per heavy atom. The van der Waals surface area contributed by atoms with Crippen molar-refractivity contribution < 1.29 is 4.74 Å². The zero-order chi connectivity index (χ0) is 17.4. The second kappa shape index (κ2) is 6.64. The van der Waals surface area contributed by atoms with E-state index in [2.05, 4.69) is 24.9 Å². The van der Waals surface area contributed by atoms with E-state index in [-0.39, 0.29) is 5.56 Å². The highest BCUT2D eigenvalue weighted by molar-refractivity contribution is 7.18. The van der Waals surface area contributed by atoms with Gasteiger partial charge < -0.3 is 4.74 Å². The monoisotopic (exact) mass is 354 g/mol. The summed E-state index contributed by atoms with van der Waals surface area (Å²) in [7, 11) is 0. The summed E-state index contributed by atoms with van der Waals surface area (Å²) in [5.74, 6) is 0.854. The standard InChI is InChI=1S/C20H22N2O2S/c1-13-9-14(2)11-15(10-13)24-8-7-22-12-21-19-18(20(22)23)16-5-3-4-6-17(16)25-19/h9-12H,3-8H2,1-2H3. The van der Waals surface area contributed by atoms with Crippen LogP contribution in [0.4, 0.5) is 0 Å². The number of nitrogens with zero attached hydrogens (tertiary/aromatic N) is 2. The van der Waals surface area contributed by atoms with Crippen LogP contribution in [-0.4, -0.2) is 16.2 Å². The van der Waals surface area contributed by atoms with Crippen LogP contribution in [-0.2, 0) is 19.4 Å². The highest BCUT2D eigenvalue weighted by Gasteiger charge is 2.19. The van der Waals surface area contributed by atoms with Crippen molar-refractivity contribution >= 4 is 21.6 Å². The molecule has 0 fully saturated rings. The lowest BCUT2D eigenvalue weighted by Crippen LogP contribution is -2.24. The Morgan fingerprint density at radius 2 is 1.92 bits per heavy atom. The maximum atomic E-state index is 12.9. The molecule has 0 saturated heterocycles. The van der Waals surface area contributed by atoms with E-state index >= 15 is 0 Å². The lowest BCUT2D eigenvalue weighted by molar-refractivity contribution is 0.295. The summed E-state index contributed by atoms with van der Waals surface area (Å²) in [6, 6.07) is 6.16. The van der Waals surface area contributed by atoms with Crippen molar-refractivity contribution in [3.05, 3.63) is 56.4 Å². The molecule has 0 spiro atoms. The molecule has 1 aliphatic carbocycles. The number of benzene rings is 1. The Balaban J connectivity index is 1.55. The number of hydrogen-bond acceptors (Lipinski definition) is 4. The van der Waals surface area contributed by atoms with E-state index in [0.29, 0.717) is 13.2 Å². The summed E-state index contributed by atoms with van der Waals surface area (Å²) in [4.78, 5) is 19.7. The zero-order valence-electron chi connectivity index (χ0n) is 14.7. The summed E-state index contributed by atoms with van der Waals surface area (Å²) in [6.45, 7) is 5.09. The molecule has 4 rings (SSSR count). The molecule has 0 atom stereocenters. The summed E-state index contributed by atoms with van der Waals surface area (Å²) in [5, 5.41) is 0.841. The van der Waals surface area contributed by atoms with Gasteiger partial charge in [0.25, 0.3) is 5.56 Å². The van der Waals surface area contributed by atoms with E-state index in [9.17, 15) is 4.79 Å². The van der Waals surface area contributed by atoms with E-state index < -0.39 is 0 Å². The lowest BCUT2D eigenvalue weighted by Gasteiger charge is -2.11. The molecule has 0 radical (unpaired) electrons. The van der Waals surface area contributed by atoms with E-state index in [1.54, 1.807) is 22.2 Å². The number of hydrogen-bond donors (Lipinski definition) is 0. The van der Waals surface area contributed by atoms with Gasteiger partial charge in [-0.25, -0.2) is 4.98 Å². The molecule has 1 aromatic carbocycles. The average Bonchev–Trinajstić information content (AvgIpc) is 2.95. The van der Waals surface area contributed by atoms with Crippen molar-refractivity contribution in [1.29, 1.82) is 0 Å². The number of aromatic nitrogens is 2. The summed E-state index contributed by atoms with van der Waals surface area (Å²) in [5.41, 5.74) is 3.68. The Bertz CT molecular complexity index is 967. The number of fused-ring (bicyclic) bond motifs is 3. The third kappa shape index (κ3) is 3.21. The molecule has 0 saturated carbocycles. The predicted octanol–water partition coefficient (Wildman–Crippen LogP) is 4.03. The van der Waals surface area contributed by atoms with Gasteiger partial charge in [0, 0.05) is 4.88 Å². The fraction of sp³-hybridized carbons (Fsp3) is 0.400. The van der Waals surface area contributed by atoms with Crippen LogP contribution in [0.3, 0.4) is 0 Å². The minimum atomic E-state index is 0.0772. The molecule has 25 heavy (non-hydrogen) atoms. The second-order valence-electron chi connectivity index (χ2n) is 6.81. The highest BCUT2D eigenvalue weighted by atomic mass is 32.1. The van der Waals surface area contributed by atoms with Crippen molar-refractivity contribution in [1.82, 2.24) is 9.55 Å². The first-order valence-electron chi connectivity index (χ1n) is 8.82. The van der Waals surface area contributed by atoms with Crippen LogP contribution in [0.25, 0.3) is 10.2 Å². The predicted molar refractivity (Wildman–Crippen MR) is 102 cm³/mol. The summed E-state index contributed by atoms with van der Waals surface area (Å²) in [6.07, 6.45) is 6.15. The highest BCUT2D eigenvalue weighted by Crippen LogP contribution is 2.33. The van der Waals surface area contributed by atoms with Gasteiger partial charge in [0.2, 0.25) is 0 Å². The Labute approximate surface area is 151 Å². The first-order valence-corrected chi connectivity index (χ1v) is 9.64. The van der Waals surface area contributed by atoms with Gasteiger partial charge in [-0.2, -0.15) is 0 Å². The van der Waals surface area contributed by atoms with Gasteiger partial charge in [0.15, 0.2) is 0 Å². The molecule has 5 heteroatoms. The van der Waals surface area contributed by atoms with Crippen LogP contribution < -0.4 is 10.3 Å². The normalized spacial score (nSPS) is 13.8. The van der Waals surface area contributed by atoms with Crippen LogP contribution in [0.1, 0.15) is 34.4 Å². The Morgan fingerprint density at radius 1 is 1.16 bits per heavy atom. The van der Waals surface area contributed by atoms with Crippen molar-refractivity contribution in [3.63, 3.8) is 0 Å². The van der Waals surface area contributed by atoms with Gasteiger partial charge in [-0.3, -0.25) is 9.36 Å². The topological polar surface area (TPSA) is 44.1 Å². The number of aryl methyl sites for hydroxylation is 4. The maximum Gasteiger partial charge on any atom is 0.262 e. The van der Waals surface area contributed by atoms with Gasteiger partial charge in [-0.05, 0) is 68.4 Å². The van der Waals surface area contributed by atoms with Gasteiger partial charge >= 0.3 is 0 Å². The summed E-state index contributed by atoms with van der Waals surface area (Å²) < 4.78 is 7.53. The van der Waals surface area contributed by atoms with Crippen molar-refractivity contribution in [2.45, 2.75) is 46.1 Å². The van der Waals surface area contributed by atoms with Crippen LogP contribution in [0, 0.1) is 13.8 Å². The van der Waals surface area contributed by atoms with E-state index in [1.165, 1.54) is 34.4 Å². The minimum Gasteiger partial charge on any atom is -0.492 e. The molecule has 0 amide bonds. The van der Waals surface area contributed by atoms with E-state index in [4.69, 9.17) is 4.74 Å². The maximum absolute atomic E-state index is 12.9. The fourth-order valence-corrected chi connectivity index (χ4v) is 4.84. The van der Waals surface area contributed by atoms with Crippen molar-refractivity contribution in [3.8, 4) is 5.75 Å². The molecule has 2 heterocycles. The summed E-state index contributed by atoms with van der Waals surface area (Å²) >= 11 is 1.69. The minimum absolute atomic E-state index is 0.0772. The molecule has 0 unspecified atom stereocenters. The van der Waals surface area contributed by atoms with Gasteiger partial charge in [-0.1, -0.05) is 6.07 Å². The first-order chi connectivity index (χ1) is 12.1. The largest absolute Gasteiger partial charge is 0.492 e. The van der Waals surface area contributed by atoms with Crippen LogP contribution in [0.15, 0.2) is 29.3 Å². The SMILES string of the molecule is Cc1cc(C)cc(OCCn2cnc3sc4c(c3c2=O)CCCC4)c1. The molecule has 0 N–H and O–H groups in total. The Kier molecular flexibility index (Phi) is 4.34. The smallest absolute Gasteiger partial charge is 0.262 e. The van der Waals surface area contributed by atoms with Gasteiger partial charge in [-0.15, -0.1) is 11.3 Å². The number of ether oxygens (including phenoxy) is 1. The molecule has 3 aromatic rings. The van der Waals surface area contributed by atoms with Gasteiger partial charge in [0.1, 0.15) is 17.2 Å². The molecular weight excluding hydrogens is 332 g/mol. The average molecular weight is 354 g/mol. The van der Waals surface area contributed by atoms with Crippen LogP contribution >= 0.6 is 11.3 Å². The van der Waals surface area contributed by atoms with E-state index in [0.717, 1.165) is 28.8 Å². The van der Waals surface area contributed by atoms with Crippen molar-refractivity contribution in [2.24, 2.45) is 0 Å². The fourth-order valence-electron chi connectivity index (χ4n) is 3.62. The molecule has 0 bridgehead atoms. The third-order valence-corrected chi connectivity index (χ3v) is 5.94. The third-order valence-electron chi connectivity index (χ3n) is 4.74. The van der Waals surface area contributed by atoms with E-state index in [1.807, 2.05) is 12.1 Å².